The number of hydrogen-bond donors (Lipinski definition) is 1. The molecule has 27 heavy (non-hydrogen) atoms. The molecule has 0 aliphatic heterocycles. The third kappa shape index (κ3) is 6.49. The normalized spacial score (nSPS) is 10.2. The van der Waals surface area contributed by atoms with E-state index in [1.54, 1.807) is 42.5 Å². The van der Waals surface area contributed by atoms with Crippen LogP contribution in [0.1, 0.15) is 30.1 Å². The Morgan fingerprint density at radius 2 is 1.85 bits per heavy atom. The van der Waals surface area contributed by atoms with Crippen LogP contribution in [0.2, 0.25) is 5.02 Å². The van der Waals surface area contributed by atoms with Gasteiger partial charge in [-0.25, -0.2) is 4.79 Å². The van der Waals surface area contributed by atoms with Crippen LogP contribution in [-0.4, -0.2) is 32.2 Å². The molecular weight excluding hydrogens is 370 g/mol. The monoisotopic (exact) mass is 391 g/mol. The Labute approximate surface area is 163 Å². The number of esters is 1. The van der Waals surface area contributed by atoms with Crippen LogP contribution < -0.4 is 14.8 Å². The van der Waals surface area contributed by atoms with Gasteiger partial charge in [-0.15, -0.1) is 0 Å². The first-order chi connectivity index (χ1) is 13.0. The molecule has 0 radical (unpaired) electrons. The summed E-state index contributed by atoms with van der Waals surface area (Å²) in [5.41, 5.74) is 1.00. The fourth-order valence-electron chi connectivity index (χ4n) is 2.16. The number of ether oxygens (including phenoxy) is 3. The van der Waals surface area contributed by atoms with Gasteiger partial charge in [-0.3, -0.25) is 4.79 Å². The summed E-state index contributed by atoms with van der Waals surface area (Å²) in [7, 11) is 1.52. The van der Waals surface area contributed by atoms with Crippen LogP contribution in [0, 0.1) is 0 Å². The van der Waals surface area contributed by atoms with E-state index in [9.17, 15) is 9.59 Å². The van der Waals surface area contributed by atoms with Crippen molar-refractivity contribution in [3.63, 3.8) is 0 Å². The van der Waals surface area contributed by atoms with Crippen LogP contribution in [-0.2, 0) is 9.53 Å². The molecule has 0 fully saturated rings. The average molecular weight is 392 g/mol. The van der Waals surface area contributed by atoms with Crippen molar-refractivity contribution in [1.29, 1.82) is 0 Å². The fourth-order valence-corrected chi connectivity index (χ4v) is 2.42. The highest BCUT2D eigenvalue weighted by molar-refractivity contribution is 6.32. The highest BCUT2D eigenvalue weighted by Crippen LogP contribution is 2.27. The molecule has 6 nitrogen and oxygen atoms in total. The molecule has 7 heteroatoms. The number of methoxy groups -OCH3 is 1. The zero-order valence-corrected chi connectivity index (χ0v) is 16.0. The van der Waals surface area contributed by atoms with Crippen molar-refractivity contribution in [2.45, 2.75) is 19.8 Å². The first-order valence-corrected chi connectivity index (χ1v) is 8.94. The van der Waals surface area contributed by atoms with E-state index in [0.29, 0.717) is 34.4 Å². The molecule has 0 spiro atoms. The Hall–Kier alpha value is -2.73. The molecule has 2 aromatic rings. The second kappa shape index (κ2) is 10.4. The summed E-state index contributed by atoms with van der Waals surface area (Å²) in [5, 5.41) is 3.16. The summed E-state index contributed by atoms with van der Waals surface area (Å²) in [5.74, 6) is 0.305. The number of benzene rings is 2. The lowest BCUT2D eigenvalue weighted by Gasteiger charge is -2.09. The van der Waals surface area contributed by atoms with Gasteiger partial charge in [-0.05, 0) is 48.9 Å². The van der Waals surface area contributed by atoms with Crippen molar-refractivity contribution in [2.24, 2.45) is 0 Å². The standard InChI is InChI=1S/C20H22ClNO5/c1-3-4-11-26-19(23)13-27-16-8-5-14(6-9-16)20(24)22-15-7-10-18(25-2)17(21)12-15/h5-10,12H,3-4,11,13H2,1-2H3,(H,22,24). The molecule has 0 aliphatic rings. The van der Waals surface area contributed by atoms with Crippen molar-refractivity contribution in [3.8, 4) is 11.5 Å². The lowest BCUT2D eigenvalue weighted by Crippen LogP contribution is -2.15. The summed E-state index contributed by atoms with van der Waals surface area (Å²) in [6.07, 6.45) is 1.79. The molecule has 0 aromatic heterocycles. The molecule has 0 atom stereocenters. The van der Waals surface area contributed by atoms with E-state index in [1.165, 1.54) is 7.11 Å². The van der Waals surface area contributed by atoms with Gasteiger partial charge in [0.15, 0.2) is 6.61 Å². The van der Waals surface area contributed by atoms with Crippen LogP contribution in [0.4, 0.5) is 5.69 Å². The van der Waals surface area contributed by atoms with Crippen molar-refractivity contribution in [3.05, 3.63) is 53.1 Å². The second-order valence-corrected chi connectivity index (χ2v) is 6.10. The van der Waals surface area contributed by atoms with E-state index in [-0.39, 0.29) is 12.5 Å². The van der Waals surface area contributed by atoms with Crippen LogP contribution in [0.5, 0.6) is 11.5 Å². The van der Waals surface area contributed by atoms with Crippen molar-refractivity contribution in [1.82, 2.24) is 0 Å². The van der Waals surface area contributed by atoms with Crippen LogP contribution >= 0.6 is 11.6 Å². The molecule has 0 saturated carbocycles. The van der Waals surface area contributed by atoms with Gasteiger partial charge < -0.3 is 19.5 Å². The van der Waals surface area contributed by atoms with Gasteiger partial charge in [0.25, 0.3) is 5.91 Å². The molecule has 1 N–H and O–H groups in total. The Morgan fingerprint density at radius 1 is 1.11 bits per heavy atom. The van der Waals surface area contributed by atoms with Gasteiger partial charge in [0, 0.05) is 11.3 Å². The molecule has 0 saturated heterocycles. The van der Waals surface area contributed by atoms with Gasteiger partial charge >= 0.3 is 5.97 Å². The number of anilines is 1. The van der Waals surface area contributed by atoms with Gasteiger partial charge in [-0.1, -0.05) is 24.9 Å². The first-order valence-electron chi connectivity index (χ1n) is 8.57. The molecule has 0 aliphatic carbocycles. The maximum absolute atomic E-state index is 12.3. The van der Waals surface area contributed by atoms with Crippen LogP contribution in [0.15, 0.2) is 42.5 Å². The molecule has 0 heterocycles. The molecule has 144 valence electrons. The topological polar surface area (TPSA) is 73.9 Å². The number of halogens is 1. The molecule has 2 aromatic carbocycles. The van der Waals surface area contributed by atoms with E-state index in [2.05, 4.69) is 5.32 Å². The molecule has 0 unspecified atom stereocenters. The summed E-state index contributed by atoms with van der Waals surface area (Å²) in [6, 6.07) is 11.4. The minimum absolute atomic E-state index is 0.167. The summed E-state index contributed by atoms with van der Waals surface area (Å²) in [6.45, 7) is 2.25. The molecule has 1 amide bonds. The van der Waals surface area contributed by atoms with Gasteiger partial charge in [0.05, 0.1) is 18.7 Å². The quantitative estimate of drug-likeness (QED) is 0.509. The Kier molecular flexibility index (Phi) is 7.95. The van der Waals surface area contributed by atoms with E-state index < -0.39 is 5.97 Å². The van der Waals surface area contributed by atoms with E-state index in [0.717, 1.165) is 12.8 Å². The Bertz CT molecular complexity index is 776. The average Bonchev–Trinajstić information content (AvgIpc) is 2.67. The minimum Gasteiger partial charge on any atom is -0.495 e. The number of carbonyl (C=O) groups is 2. The number of nitrogens with one attached hydrogen (secondary N) is 1. The highest BCUT2D eigenvalue weighted by atomic mass is 35.5. The second-order valence-electron chi connectivity index (χ2n) is 5.69. The fraction of sp³-hybridized carbons (Fsp3) is 0.300. The Morgan fingerprint density at radius 3 is 2.48 bits per heavy atom. The largest absolute Gasteiger partial charge is 0.495 e. The number of carbonyl (C=O) groups excluding carboxylic acids is 2. The van der Waals surface area contributed by atoms with Crippen molar-refractivity contribution < 1.29 is 23.8 Å². The summed E-state index contributed by atoms with van der Waals surface area (Å²) < 4.78 is 15.4. The predicted molar refractivity (Wildman–Crippen MR) is 104 cm³/mol. The maximum Gasteiger partial charge on any atom is 0.344 e. The predicted octanol–water partition coefficient (Wildman–Crippen LogP) is 4.32. The number of amides is 1. The lowest BCUT2D eigenvalue weighted by molar-refractivity contribution is -0.146. The van der Waals surface area contributed by atoms with Crippen LogP contribution in [0.25, 0.3) is 0 Å². The number of unbranched alkanes of at least 4 members (excludes halogenated alkanes) is 1. The lowest BCUT2D eigenvalue weighted by atomic mass is 10.2. The maximum atomic E-state index is 12.3. The van der Waals surface area contributed by atoms with E-state index in [1.807, 2.05) is 6.92 Å². The molecule has 0 bridgehead atoms. The number of hydrogen-bond acceptors (Lipinski definition) is 5. The van der Waals surface area contributed by atoms with E-state index in [4.69, 9.17) is 25.8 Å². The third-order valence-electron chi connectivity index (χ3n) is 3.64. The van der Waals surface area contributed by atoms with Gasteiger partial charge in [-0.2, -0.15) is 0 Å². The zero-order chi connectivity index (χ0) is 19.6. The Balaban J connectivity index is 1.87. The SMILES string of the molecule is CCCCOC(=O)COc1ccc(C(=O)Nc2ccc(OC)c(Cl)c2)cc1. The van der Waals surface area contributed by atoms with Crippen molar-refractivity contribution >= 4 is 29.2 Å². The van der Waals surface area contributed by atoms with Crippen molar-refractivity contribution in [2.75, 3.05) is 25.6 Å². The number of rotatable bonds is 9. The smallest absolute Gasteiger partial charge is 0.344 e. The van der Waals surface area contributed by atoms with Crippen LogP contribution in [0.3, 0.4) is 0 Å². The minimum atomic E-state index is -0.415. The zero-order valence-electron chi connectivity index (χ0n) is 15.3. The summed E-state index contributed by atoms with van der Waals surface area (Å²) >= 11 is 6.05. The third-order valence-corrected chi connectivity index (χ3v) is 3.94. The highest BCUT2D eigenvalue weighted by Gasteiger charge is 2.09. The van der Waals surface area contributed by atoms with Gasteiger partial charge in [0.1, 0.15) is 11.5 Å². The molecule has 2 rings (SSSR count). The first kappa shape index (κ1) is 20.6. The van der Waals surface area contributed by atoms with Gasteiger partial charge in [0.2, 0.25) is 0 Å². The summed E-state index contributed by atoms with van der Waals surface area (Å²) in [4.78, 5) is 23.8. The molecular formula is C20H22ClNO5. The van der Waals surface area contributed by atoms with E-state index >= 15 is 0 Å².